The summed E-state index contributed by atoms with van der Waals surface area (Å²) in [6.07, 6.45) is -2.08. The van der Waals surface area contributed by atoms with Crippen LogP contribution < -0.4 is 4.74 Å². The maximum absolute atomic E-state index is 12.0. The number of non-ortho nitro benzene ring substituents is 1. The van der Waals surface area contributed by atoms with Gasteiger partial charge in [-0.15, -0.1) is 0 Å². The molecule has 1 N–H and O–H groups in total. The Morgan fingerprint density at radius 2 is 2.09 bits per heavy atom. The molecular formula is C15H20N2O6. The molecule has 1 amide bonds. The van der Waals surface area contributed by atoms with Crippen LogP contribution >= 0.6 is 0 Å². The molecule has 1 heterocycles. The predicted molar refractivity (Wildman–Crippen MR) is 81.3 cm³/mol. The molecule has 2 atom stereocenters. The van der Waals surface area contributed by atoms with Crippen LogP contribution in [0, 0.1) is 10.1 Å². The molecule has 0 bridgehead atoms. The van der Waals surface area contributed by atoms with Crippen LogP contribution in [0.15, 0.2) is 24.3 Å². The SMILES string of the molecule is CC(C)(C)OC(=O)N1CC(O)C(Oc2cccc([N+](=O)[O-])c2)C1. The summed E-state index contributed by atoms with van der Waals surface area (Å²) < 4.78 is 10.8. The minimum atomic E-state index is -0.887. The lowest BCUT2D eigenvalue weighted by molar-refractivity contribution is -0.385. The first-order chi connectivity index (χ1) is 10.7. The maximum atomic E-state index is 12.0. The van der Waals surface area contributed by atoms with Crippen LogP contribution in [0.1, 0.15) is 20.8 Å². The quantitative estimate of drug-likeness (QED) is 0.673. The van der Waals surface area contributed by atoms with Gasteiger partial charge in [0.15, 0.2) is 0 Å². The monoisotopic (exact) mass is 324 g/mol. The Labute approximate surface area is 133 Å². The highest BCUT2D eigenvalue weighted by atomic mass is 16.6. The van der Waals surface area contributed by atoms with Crippen molar-refractivity contribution in [2.24, 2.45) is 0 Å². The van der Waals surface area contributed by atoms with Crippen molar-refractivity contribution in [3.63, 3.8) is 0 Å². The Kier molecular flexibility index (Phi) is 4.74. The number of benzene rings is 1. The van der Waals surface area contributed by atoms with Gasteiger partial charge in [-0.05, 0) is 26.8 Å². The van der Waals surface area contributed by atoms with Gasteiger partial charge in [0.1, 0.15) is 23.6 Å². The number of aliphatic hydroxyl groups is 1. The third-order valence-corrected chi connectivity index (χ3v) is 3.20. The Hall–Kier alpha value is -2.35. The second kappa shape index (κ2) is 6.41. The van der Waals surface area contributed by atoms with Crippen molar-refractivity contribution in [2.45, 2.75) is 38.6 Å². The van der Waals surface area contributed by atoms with Crippen molar-refractivity contribution in [3.05, 3.63) is 34.4 Å². The molecule has 1 aromatic carbocycles. The van der Waals surface area contributed by atoms with Crippen LogP contribution in [0.2, 0.25) is 0 Å². The molecule has 0 aliphatic carbocycles. The summed E-state index contributed by atoms with van der Waals surface area (Å²) in [5.41, 5.74) is -0.722. The van der Waals surface area contributed by atoms with Gasteiger partial charge in [0.05, 0.1) is 24.1 Å². The van der Waals surface area contributed by atoms with E-state index in [2.05, 4.69) is 0 Å². The van der Waals surface area contributed by atoms with E-state index in [1.165, 1.54) is 23.1 Å². The van der Waals surface area contributed by atoms with Crippen LogP contribution in [0.25, 0.3) is 0 Å². The average Bonchev–Trinajstić information content (AvgIpc) is 2.79. The summed E-state index contributed by atoms with van der Waals surface area (Å²) in [5.74, 6) is 0.272. The number of rotatable bonds is 3. The van der Waals surface area contributed by atoms with Crippen LogP contribution in [-0.4, -0.2) is 51.9 Å². The van der Waals surface area contributed by atoms with Crippen LogP contribution in [-0.2, 0) is 4.74 Å². The van der Waals surface area contributed by atoms with Gasteiger partial charge in [0, 0.05) is 6.07 Å². The molecule has 0 spiro atoms. The van der Waals surface area contributed by atoms with Gasteiger partial charge >= 0.3 is 6.09 Å². The van der Waals surface area contributed by atoms with Gasteiger partial charge in [-0.1, -0.05) is 6.07 Å². The number of carbonyl (C=O) groups is 1. The number of nitro groups is 1. The van der Waals surface area contributed by atoms with Gasteiger partial charge < -0.3 is 19.5 Å². The normalized spacial score (nSPS) is 21.1. The summed E-state index contributed by atoms with van der Waals surface area (Å²) in [4.78, 5) is 23.6. The number of nitrogens with zero attached hydrogens (tertiary/aromatic N) is 2. The zero-order valence-electron chi connectivity index (χ0n) is 13.3. The van der Waals surface area contributed by atoms with Crippen LogP contribution in [0.4, 0.5) is 10.5 Å². The molecule has 23 heavy (non-hydrogen) atoms. The summed E-state index contributed by atoms with van der Waals surface area (Å²) in [6, 6.07) is 5.70. The summed E-state index contributed by atoms with van der Waals surface area (Å²) in [5, 5.41) is 20.8. The molecule has 8 heteroatoms. The molecular weight excluding hydrogens is 304 g/mol. The van der Waals surface area contributed by atoms with E-state index >= 15 is 0 Å². The average molecular weight is 324 g/mol. The second-order valence-corrected chi connectivity index (χ2v) is 6.36. The number of hydrogen-bond donors (Lipinski definition) is 1. The molecule has 1 aliphatic heterocycles. The van der Waals surface area contributed by atoms with Gasteiger partial charge in [-0.3, -0.25) is 10.1 Å². The molecule has 2 rings (SSSR count). The Balaban J connectivity index is 2.01. The van der Waals surface area contributed by atoms with Crippen molar-refractivity contribution >= 4 is 11.8 Å². The molecule has 1 aliphatic rings. The minimum absolute atomic E-state index is 0.0918. The number of aliphatic hydroxyl groups excluding tert-OH is 1. The van der Waals surface area contributed by atoms with E-state index in [0.717, 1.165) is 0 Å². The number of β-amino-alcohol motifs (C(OH)–C–C–N with tert-alkyl or cyclic N) is 1. The second-order valence-electron chi connectivity index (χ2n) is 6.36. The third kappa shape index (κ3) is 4.56. The highest BCUT2D eigenvalue weighted by Crippen LogP contribution is 2.24. The predicted octanol–water partition coefficient (Wildman–Crippen LogP) is 1.95. The lowest BCUT2D eigenvalue weighted by Crippen LogP contribution is -2.36. The summed E-state index contributed by atoms with van der Waals surface area (Å²) >= 11 is 0. The fraction of sp³-hybridized carbons (Fsp3) is 0.533. The molecule has 1 fully saturated rings. The van der Waals surface area contributed by atoms with Crippen molar-refractivity contribution in [3.8, 4) is 5.75 Å². The van der Waals surface area contributed by atoms with Gasteiger partial charge in [0.2, 0.25) is 0 Å². The molecule has 126 valence electrons. The Bertz CT molecular complexity index is 598. The number of amides is 1. The molecule has 2 unspecified atom stereocenters. The van der Waals surface area contributed by atoms with Crippen LogP contribution in [0.3, 0.4) is 0 Å². The first-order valence-corrected chi connectivity index (χ1v) is 7.23. The Morgan fingerprint density at radius 1 is 1.39 bits per heavy atom. The largest absolute Gasteiger partial charge is 0.486 e. The summed E-state index contributed by atoms with van der Waals surface area (Å²) in [7, 11) is 0. The number of nitro benzene ring substituents is 1. The van der Waals surface area contributed by atoms with E-state index < -0.39 is 28.8 Å². The first-order valence-electron chi connectivity index (χ1n) is 7.23. The van der Waals surface area contributed by atoms with E-state index in [9.17, 15) is 20.0 Å². The van der Waals surface area contributed by atoms with Gasteiger partial charge in [-0.2, -0.15) is 0 Å². The van der Waals surface area contributed by atoms with Crippen LogP contribution in [0.5, 0.6) is 5.75 Å². The molecule has 1 saturated heterocycles. The van der Waals surface area contributed by atoms with Gasteiger partial charge in [0.25, 0.3) is 5.69 Å². The number of carbonyl (C=O) groups excluding carboxylic acids is 1. The Morgan fingerprint density at radius 3 is 2.70 bits per heavy atom. The van der Waals surface area contributed by atoms with Crippen molar-refractivity contribution in [2.75, 3.05) is 13.1 Å². The number of likely N-dealkylation sites (tertiary alicyclic amines) is 1. The number of ether oxygens (including phenoxy) is 2. The van der Waals surface area contributed by atoms with Gasteiger partial charge in [-0.25, -0.2) is 4.79 Å². The van der Waals surface area contributed by atoms with E-state index in [4.69, 9.17) is 9.47 Å². The number of hydrogen-bond acceptors (Lipinski definition) is 6. The highest BCUT2D eigenvalue weighted by Gasteiger charge is 2.37. The zero-order chi connectivity index (χ0) is 17.2. The van der Waals surface area contributed by atoms with Crippen molar-refractivity contribution < 1.29 is 24.3 Å². The fourth-order valence-electron chi connectivity index (χ4n) is 2.19. The maximum Gasteiger partial charge on any atom is 0.410 e. The van der Waals surface area contributed by atoms with E-state index in [1.807, 2.05) is 0 Å². The van der Waals surface area contributed by atoms with E-state index in [-0.39, 0.29) is 24.5 Å². The topological polar surface area (TPSA) is 102 Å². The zero-order valence-corrected chi connectivity index (χ0v) is 13.3. The molecule has 1 aromatic rings. The van der Waals surface area contributed by atoms with E-state index in [0.29, 0.717) is 0 Å². The summed E-state index contributed by atoms with van der Waals surface area (Å²) in [6.45, 7) is 5.52. The molecule has 0 aromatic heterocycles. The molecule has 8 nitrogen and oxygen atoms in total. The lowest BCUT2D eigenvalue weighted by Gasteiger charge is -2.24. The molecule has 0 radical (unpaired) electrons. The fourth-order valence-corrected chi connectivity index (χ4v) is 2.19. The smallest absolute Gasteiger partial charge is 0.410 e. The minimum Gasteiger partial charge on any atom is -0.486 e. The lowest BCUT2D eigenvalue weighted by atomic mass is 10.2. The van der Waals surface area contributed by atoms with Crippen molar-refractivity contribution in [1.29, 1.82) is 0 Å². The van der Waals surface area contributed by atoms with Crippen molar-refractivity contribution in [1.82, 2.24) is 4.90 Å². The first kappa shape index (κ1) is 17.0. The standard InChI is InChI=1S/C15H20N2O6/c1-15(2,3)23-14(19)16-8-12(18)13(9-16)22-11-6-4-5-10(7-11)17(20)21/h4-7,12-13,18H,8-9H2,1-3H3. The highest BCUT2D eigenvalue weighted by molar-refractivity contribution is 5.68. The van der Waals surface area contributed by atoms with E-state index in [1.54, 1.807) is 26.8 Å². The third-order valence-electron chi connectivity index (χ3n) is 3.20. The molecule has 0 saturated carbocycles.